The van der Waals surface area contributed by atoms with Gasteiger partial charge < -0.3 is 24.8 Å². The molecule has 0 aromatic rings. The van der Waals surface area contributed by atoms with Gasteiger partial charge in [0.25, 0.3) is 0 Å². The van der Waals surface area contributed by atoms with Crippen molar-refractivity contribution in [2.75, 3.05) is 19.8 Å². The van der Waals surface area contributed by atoms with E-state index in [0.29, 0.717) is 6.61 Å². The van der Waals surface area contributed by atoms with E-state index in [0.717, 1.165) is 19.3 Å². The molecule has 178 valence electrons. The lowest BCUT2D eigenvalue weighted by atomic mass is 10.1. The van der Waals surface area contributed by atoms with Crippen LogP contribution >= 0.6 is 0 Å². The van der Waals surface area contributed by atoms with Crippen molar-refractivity contribution < 1.29 is 24.8 Å². The fraction of sp³-hybridized carbons (Fsp3) is 0.920. The highest BCUT2D eigenvalue weighted by Crippen LogP contribution is 2.20. The predicted molar refractivity (Wildman–Crippen MR) is 123 cm³/mol. The third-order valence-electron chi connectivity index (χ3n) is 5.97. The first-order valence-electron chi connectivity index (χ1n) is 12.6. The minimum atomic E-state index is -1.05. The van der Waals surface area contributed by atoms with Gasteiger partial charge in [-0.15, -0.1) is 0 Å². The molecule has 1 rings (SSSR count). The molecule has 0 aliphatic carbocycles. The molecule has 0 unspecified atom stereocenters. The lowest BCUT2D eigenvalue weighted by Crippen LogP contribution is -2.41. The van der Waals surface area contributed by atoms with Crippen LogP contribution in [0.15, 0.2) is 12.2 Å². The highest BCUT2D eigenvalue weighted by molar-refractivity contribution is 4.88. The van der Waals surface area contributed by atoms with Gasteiger partial charge in [0, 0.05) is 6.61 Å². The van der Waals surface area contributed by atoms with Crippen LogP contribution in [0.3, 0.4) is 0 Å². The van der Waals surface area contributed by atoms with Gasteiger partial charge in [0.15, 0.2) is 0 Å². The molecule has 1 aliphatic heterocycles. The molecule has 1 heterocycles. The van der Waals surface area contributed by atoms with E-state index in [2.05, 4.69) is 19.1 Å². The third-order valence-corrected chi connectivity index (χ3v) is 5.97. The molecule has 0 aromatic carbocycles. The highest BCUT2D eigenvalue weighted by Gasteiger charge is 2.40. The zero-order valence-electron chi connectivity index (χ0n) is 19.4. The van der Waals surface area contributed by atoms with Gasteiger partial charge in [-0.25, -0.2) is 0 Å². The SMILES string of the molecule is CCCCCCCCCCC/C=C/CCCCCCO[C@H]1CO[C@H]([C@H](O)CO)[C@@H]1O. The molecule has 0 spiro atoms. The van der Waals surface area contributed by atoms with E-state index >= 15 is 0 Å². The fourth-order valence-corrected chi connectivity index (χ4v) is 3.97. The Labute approximate surface area is 184 Å². The predicted octanol–water partition coefficient (Wildman–Crippen LogP) is 4.91. The zero-order valence-corrected chi connectivity index (χ0v) is 19.4. The molecule has 0 saturated carbocycles. The van der Waals surface area contributed by atoms with Crippen LogP contribution in [-0.4, -0.2) is 59.6 Å². The molecular formula is C25H48O5. The lowest BCUT2D eigenvalue weighted by molar-refractivity contribution is -0.0730. The molecule has 0 radical (unpaired) electrons. The number of hydrogen-bond donors (Lipinski definition) is 3. The minimum Gasteiger partial charge on any atom is -0.394 e. The number of aliphatic hydroxyl groups excluding tert-OH is 3. The van der Waals surface area contributed by atoms with Gasteiger partial charge in [-0.05, 0) is 32.1 Å². The second-order valence-corrected chi connectivity index (χ2v) is 8.74. The van der Waals surface area contributed by atoms with Crippen LogP contribution in [0.25, 0.3) is 0 Å². The van der Waals surface area contributed by atoms with E-state index in [1.54, 1.807) is 0 Å². The van der Waals surface area contributed by atoms with Crippen molar-refractivity contribution in [1.82, 2.24) is 0 Å². The Balaban J connectivity index is 1.82. The first kappa shape index (κ1) is 27.6. The molecule has 5 nitrogen and oxygen atoms in total. The van der Waals surface area contributed by atoms with Gasteiger partial charge in [0.1, 0.15) is 24.4 Å². The molecule has 1 fully saturated rings. The Morgan fingerprint density at radius 2 is 1.40 bits per heavy atom. The van der Waals surface area contributed by atoms with Crippen molar-refractivity contribution in [2.45, 2.75) is 128 Å². The summed E-state index contributed by atoms with van der Waals surface area (Å²) < 4.78 is 11.0. The summed E-state index contributed by atoms with van der Waals surface area (Å²) in [6, 6.07) is 0. The van der Waals surface area contributed by atoms with Crippen LogP contribution in [0.4, 0.5) is 0 Å². The summed E-state index contributed by atoms with van der Waals surface area (Å²) >= 11 is 0. The van der Waals surface area contributed by atoms with Gasteiger partial charge >= 0.3 is 0 Å². The third kappa shape index (κ3) is 13.1. The van der Waals surface area contributed by atoms with E-state index < -0.39 is 31.0 Å². The Morgan fingerprint density at radius 3 is 1.97 bits per heavy atom. The van der Waals surface area contributed by atoms with E-state index in [1.165, 1.54) is 77.0 Å². The maximum Gasteiger partial charge on any atom is 0.114 e. The summed E-state index contributed by atoms with van der Waals surface area (Å²) in [5, 5.41) is 28.6. The highest BCUT2D eigenvalue weighted by atomic mass is 16.6. The molecule has 0 bridgehead atoms. The number of aliphatic hydroxyl groups is 3. The normalized spacial score (nSPS) is 22.9. The standard InChI is InChI=1S/C25H48O5/c1-2-3-4-5-6-7-8-9-10-11-12-13-14-15-16-17-18-19-29-23-21-30-25(24(23)28)22(27)20-26/h12-13,22-28H,2-11,14-21H2,1H3/b13-12+/t22-,23+,24-,25-/m1/s1. The summed E-state index contributed by atoms with van der Waals surface area (Å²) in [5.74, 6) is 0. The molecule has 0 aromatic heterocycles. The van der Waals surface area contributed by atoms with Crippen LogP contribution in [0.5, 0.6) is 0 Å². The number of hydrogen-bond acceptors (Lipinski definition) is 5. The molecule has 1 saturated heterocycles. The fourth-order valence-electron chi connectivity index (χ4n) is 3.97. The summed E-state index contributed by atoms with van der Waals surface area (Å²) in [5.41, 5.74) is 0. The first-order valence-corrected chi connectivity index (χ1v) is 12.6. The van der Waals surface area contributed by atoms with Crippen LogP contribution < -0.4 is 0 Å². The zero-order chi connectivity index (χ0) is 21.9. The van der Waals surface area contributed by atoms with E-state index in [-0.39, 0.29) is 6.61 Å². The summed E-state index contributed by atoms with van der Waals surface area (Å²) in [4.78, 5) is 0. The first-order chi connectivity index (χ1) is 14.7. The monoisotopic (exact) mass is 428 g/mol. The number of ether oxygens (including phenoxy) is 2. The van der Waals surface area contributed by atoms with Crippen LogP contribution in [0.1, 0.15) is 103 Å². The molecule has 1 aliphatic rings. The second kappa shape index (κ2) is 19.2. The quantitative estimate of drug-likeness (QED) is 0.190. The van der Waals surface area contributed by atoms with Gasteiger partial charge in [-0.2, -0.15) is 0 Å². The van der Waals surface area contributed by atoms with Crippen molar-refractivity contribution in [1.29, 1.82) is 0 Å². The maximum absolute atomic E-state index is 10.1. The molecular weight excluding hydrogens is 380 g/mol. The van der Waals surface area contributed by atoms with Gasteiger partial charge in [-0.1, -0.05) is 83.3 Å². The molecule has 30 heavy (non-hydrogen) atoms. The molecule has 4 atom stereocenters. The number of unbranched alkanes of at least 4 members (excludes halogenated alkanes) is 13. The number of rotatable bonds is 20. The van der Waals surface area contributed by atoms with Crippen LogP contribution in [0, 0.1) is 0 Å². The van der Waals surface area contributed by atoms with E-state index in [9.17, 15) is 10.2 Å². The summed E-state index contributed by atoms with van der Waals surface area (Å²) in [6.07, 6.45) is 21.0. The summed E-state index contributed by atoms with van der Waals surface area (Å²) in [6.45, 7) is 2.73. The molecule has 3 N–H and O–H groups in total. The second-order valence-electron chi connectivity index (χ2n) is 8.74. The minimum absolute atomic E-state index is 0.270. The van der Waals surface area contributed by atoms with Crippen LogP contribution in [-0.2, 0) is 9.47 Å². The van der Waals surface area contributed by atoms with Crippen molar-refractivity contribution in [3.05, 3.63) is 12.2 Å². The lowest BCUT2D eigenvalue weighted by Gasteiger charge is -2.20. The van der Waals surface area contributed by atoms with E-state index in [4.69, 9.17) is 14.6 Å². The largest absolute Gasteiger partial charge is 0.394 e. The average Bonchev–Trinajstić information content (AvgIpc) is 3.12. The number of allylic oxidation sites excluding steroid dienone is 2. The van der Waals surface area contributed by atoms with Crippen LogP contribution in [0.2, 0.25) is 0 Å². The maximum atomic E-state index is 10.1. The van der Waals surface area contributed by atoms with Crippen molar-refractivity contribution in [3.8, 4) is 0 Å². The Kier molecular flexibility index (Phi) is 17.7. The van der Waals surface area contributed by atoms with Crippen molar-refractivity contribution in [3.63, 3.8) is 0 Å². The summed E-state index contributed by atoms with van der Waals surface area (Å²) in [7, 11) is 0. The van der Waals surface area contributed by atoms with Crippen molar-refractivity contribution >= 4 is 0 Å². The Bertz CT molecular complexity index is 401. The van der Waals surface area contributed by atoms with Gasteiger partial charge in [0.2, 0.25) is 0 Å². The van der Waals surface area contributed by atoms with Gasteiger partial charge in [0.05, 0.1) is 13.2 Å². The van der Waals surface area contributed by atoms with Gasteiger partial charge in [-0.3, -0.25) is 0 Å². The Hall–Kier alpha value is -0.460. The average molecular weight is 429 g/mol. The molecule has 5 heteroatoms. The molecule has 0 amide bonds. The topological polar surface area (TPSA) is 79.2 Å². The Morgan fingerprint density at radius 1 is 0.867 bits per heavy atom. The van der Waals surface area contributed by atoms with Crippen molar-refractivity contribution in [2.24, 2.45) is 0 Å². The smallest absolute Gasteiger partial charge is 0.114 e. The van der Waals surface area contributed by atoms with E-state index in [1.807, 2.05) is 0 Å².